The first-order chi connectivity index (χ1) is 10.6. The van der Waals surface area contributed by atoms with Crippen LogP contribution in [0.4, 0.5) is 5.95 Å². The third-order valence-electron chi connectivity index (χ3n) is 3.30. The molecule has 110 valence electrons. The monoisotopic (exact) mass is 312 g/mol. The van der Waals surface area contributed by atoms with Crippen molar-refractivity contribution in [2.24, 2.45) is 0 Å². The number of aryl methyl sites for hydroxylation is 1. The number of nitrogens with two attached hydrogens (primary N) is 1. The van der Waals surface area contributed by atoms with Gasteiger partial charge in [-0.3, -0.25) is 4.79 Å². The number of halogens is 1. The van der Waals surface area contributed by atoms with Gasteiger partial charge in [0.15, 0.2) is 5.82 Å². The smallest absolute Gasteiger partial charge is 0.281 e. The molecule has 1 heterocycles. The first-order valence-electron chi connectivity index (χ1n) is 6.65. The van der Waals surface area contributed by atoms with Crippen molar-refractivity contribution in [3.05, 3.63) is 64.7 Å². The van der Waals surface area contributed by atoms with Crippen molar-refractivity contribution < 1.29 is 4.79 Å². The highest BCUT2D eigenvalue weighted by molar-refractivity contribution is 6.30. The van der Waals surface area contributed by atoms with E-state index in [1.807, 2.05) is 19.1 Å². The largest absolute Gasteiger partial charge is 0.368 e. The van der Waals surface area contributed by atoms with E-state index in [-0.39, 0.29) is 11.9 Å². The Morgan fingerprint density at radius 3 is 2.50 bits per heavy atom. The van der Waals surface area contributed by atoms with Crippen molar-refractivity contribution >= 4 is 23.5 Å². The van der Waals surface area contributed by atoms with Crippen LogP contribution in [0.5, 0.6) is 0 Å². The van der Waals surface area contributed by atoms with E-state index < -0.39 is 0 Å². The fraction of sp³-hybridized carbons (Fsp3) is 0.0625. The molecule has 0 fully saturated rings. The molecule has 3 rings (SSSR count). The van der Waals surface area contributed by atoms with E-state index >= 15 is 0 Å². The minimum atomic E-state index is -0.302. The fourth-order valence-electron chi connectivity index (χ4n) is 2.12. The summed E-state index contributed by atoms with van der Waals surface area (Å²) >= 11 is 5.86. The summed E-state index contributed by atoms with van der Waals surface area (Å²) in [5.41, 5.74) is 7.98. The number of benzene rings is 2. The van der Waals surface area contributed by atoms with E-state index in [9.17, 15) is 4.79 Å². The second-order valence-electron chi connectivity index (χ2n) is 4.83. The van der Waals surface area contributed by atoms with Crippen molar-refractivity contribution in [2.45, 2.75) is 6.92 Å². The molecule has 22 heavy (non-hydrogen) atoms. The molecule has 0 unspecified atom stereocenters. The minimum Gasteiger partial charge on any atom is -0.368 e. The zero-order valence-electron chi connectivity index (χ0n) is 11.8. The Morgan fingerprint density at radius 2 is 1.82 bits per heavy atom. The standard InChI is InChI=1S/C16H13ClN4O/c1-10-4-2-3-5-13(10)15(22)21-16(18)19-14(20-21)11-6-8-12(17)9-7-11/h2-9H,1H3,(H2,18,19,20). The number of rotatable bonds is 2. The fourth-order valence-corrected chi connectivity index (χ4v) is 2.25. The predicted octanol–water partition coefficient (Wildman–Crippen LogP) is 3.18. The summed E-state index contributed by atoms with van der Waals surface area (Å²) in [4.78, 5) is 16.7. The average molecular weight is 313 g/mol. The topological polar surface area (TPSA) is 73.8 Å². The van der Waals surface area contributed by atoms with Gasteiger partial charge in [-0.05, 0) is 42.8 Å². The molecule has 0 spiro atoms. The number of carbonyl (C=O) groups is 1. The number of hydrogen-bond donors (Lipinski definition) is 1. The third kappa shape index (κ3) is 2.58. The Kier molecular flexibility index (Phi) is 3.65. The van der Waals surface area contributed by atoms with Crippen LogP contribution in [0.3, 0.4) is 0 Å². The molecule has 0 atom stereocenters. The van der Waals surface area contributed by atoms with Gasteiger partial charge in [0.2, 0.25) is 5.95 Å². The summed E-state index contributed by atoms with van der Waals surface area (Å²) in [7, 11) is 0. The number of carbonyl (C=O) groups excluding carboxylic acids is 1. The van der Waals surface area contributed by atoms with Gasteiger partial charge in [0.25, 0.3) is 5.91 Å². The van der Waals surface area contributed by atoms with Gasteiger partial charge in [0.05, 0.1) is 0 Å². The van der Waals surface area contributed by atoms with Gasteiger partial charge < -0.3 is 5.73 Å². The summed E-state index contributed by atoms with van der Waals surface area (Å²) in [6.07, 6.45) is 0. The first kappa shape index (κ1) is 14.3. The van der Waals surface area contributed by atoms with E-state index in [1.165, 1.54) is 0 Å². The van der Waals surface area contributed by atoms with Crippen molar-refractivity contribution in [3.63, 3.8) is 0 Å². The van der Waals surface area contributed by atoms with Gasteiger partial charge in [-0.15, -0.1) is 5.10 Å². The van der Waals surface area contributed by atoms with Gasteiger partial charge >= 0.3 is 0 Å². The summed E-state index contributed by atoms with van der Waals surface area (Å²) in [5.74, 6) is 0.137. The Morgan fingerprint density at radius 1 is 1.14 bits per heavy atom. The van der Waals surface area contributed by atoms with E-state index in [0.717, 1.165) is 15.8 Å². The lowest BCUT2D eigenvalue weighted by Crippen LogP contribution is -2.17. The lowest BCUT2D eigenvalue weighted by Gasteiger charge is -2.04. The minimum absolute atomic E-state index is 0.0539. The lowest BCUT2D eigenvalue weighted by molar-refractivity contribution is 0.0947. The summed E-state index contributed by atoms with van der Waals surface area (Å²) in [5, 5.41) is 4.83. The summed E-state index contributed by atoms with van der Waals surface area (Å²) in [6, 6.07) is 14.3. The normalized spacial score (nSPS) is 10.6. The molecule has 0 saturated heterocycles. The van der Waals surface area contributed by atoms with Crippen LogP contribution in [-0.4, -0.2) is 20.7 Å². The molecule has 2 N–H and O–H groups in total. The van der Waals surface area contributed by atoms with Crippen molar-refractivity contribution in [1.29, 1.82) is 0 Å². The highest BCUT2D eigenvalue weighted by Crippen LogP contribution is 2.20. The summed E-state index contributed by atoms with van der Waals surface area (Å²) in [6.45, 7) is 1.86. The maximum absolute atomic E-state index is 12.5. The van der Waals surface area contributed by atoms with Gasteiger partial charge in [-0.25, -0.2) is 0 Å². The van der Waals surface area contributed by atoms with Crippen LogP contribution in [0.25, 0.3) is 11.4 Å². The number of nitrogen functional groups attached to an aromatic ring is 1. The molecular weight excluding hydrogens is 300 g/mol. The Bertz CT molecular complexity index is 840. The van der Waals surface area contributed by atoms with Gasteiger partial charge in [0.1, 0.15) is 0 Å². The molecule has 5 nitrogen and oxygen atoms in total. The van der Waals surface area contributed by atoms with Crippen molar-refractivity contribution in [2.75, 3.05) is 5.73 Å². The molecule has 0 aliphatic rings. The highest BCUT2D eigenvalue weighted by Gasteiger charge is 2.17. The molecule has 0 amide bonds. The average Bonchev–Trinajstić information content (AvgIpc) is 2.90. The summed E-state index contributed by atoms with van der Waals surface area (Å²) < 4.78 is 1.12. The number of nitrogens with zero attached hydrogens (tertiary/aromatic N) is 3. The molecule has 0 aliphatic carbocycles. The highest BCUT2D eigenvalue weighted by atomic mass is 35.5. The number of hydrogen-bond acceptors (Lipinski definition) is 4. The molecule has 6 heteroatoms. The van der Waals surface area contributed by atoms with Crippen molar-refractivity contribution in [3.8, 4) is 11.4 Å². The van der Waals surface area contributed by atoms with Crippen LogP contribution >= 0.6 is 11.6 Å². The van der Waals surface area contributed by atoms with Gasteiger partial charge in [-0.1, -0.05) is 29.8 Å². The SMILES string of the molecule is Cc1ccccc1C(=O)n1nc(-c2ccc(Cl)cc2)nc1N. The third-order valence-corrected chi connectivity index (χ3v) is 3.55. The molecule has 0 saturated carbocycles. The lowest BCUT2D eigenvalue weighted by atomic mass is 10.1. The van der Waals surface area contributed by atoms with Crippen LogP contribution in [0.15, 0.2) is 48.5 Å². The molecule has 3 aromatic rings. The molecule has 0 bridgehead atoms. The quantitative estimate of drug-likeness (QED) is 0.788. The van der Waals surface area contributed by atoms with Crippen LogP contribution in [0.2, 0.25) is 5.02 Å². The van der Waals surface area contributed by atoms with Crippen molar-refractivity contribution in [1.82, 2.24) is 14.8 Å². The first-order valence-corrected chi connectivity index (χ1v) is 7.03. The molecular formula is C16H13ClN4O. The maximum atomic E-state index is 12.5. The van der Waals surface area contributed by atoms with Crippen LogP contribution in [-0.2, 0) is 0 Å². The van der Waals surface area contributed by atoms with Gasteiger partial charge in [0, 0.05) is 16.1 Å². The van der Waals surface area contributed by atoms with E-state index in [2.05, 4.69) is 10.1 Å². The van der Waals surface area contributed by atoms with E-state index in [0.29, 0.717) is 16.4 Å². The number of aromatic nitrogens is 3. The van der Waals surface area contributed by atoms with Crippen LogP contribution < -0.4 is 5.73 Å². The maximum Gasteiger partial charge on any atom is 0.281 e. The van der Waals surface area contributed by atoms with E-state index in [1.54, 1.807) is 36.4 Å². The molecule has 0 radical (unpaired) electrons. The van der Waals surface area contributed by atoms with Crippen LogP contribution in [0, 0.1) is 6.92 Å². The zero-order chi connectivity index (χ0) is 15.7. The number of anilines is 1. The Hall–Kier alpha value is -2.66. The van der Waals surface area contributed by atoms with E-state index in [4.69, 9.17) is 17.3 Å². The molecule has 2 aromatic carbocycles. The van der Waals surface area contributed by atoms with Crippen LogP contribution in [0.1, 0.15) is 15.9 Å². The Balaban J connectivity index is 2.01. The molecule has 1 aromatic heterocycles. The predicted molar refractivity (Wildman–Crippen MR) is 85.8 cm³/mol. The second-order valence-corrected chi connectivity index (χ2v) is 5.27. The molecule has 0 aliphatic heterocycles. The zero-order valence-corrected chi connectivity index (χ0v) is 12.6. The van der Waals surface area contributed by atoms with Gasteiger partial charge in [-0.2, -0.15) is 9.67 Å². The Labute approximate surface area is 132 Å². The second kappa shape index (κ2) is 5.61.